The molecule has 1 saturated heterocycles. The van der Waals surface area contributed by atoms with Gasteiger partial charge in [0.05, 0.1) is 6.10 Å². The van der Waals surface area contributed by atoms with Crippen LogP contribution < -0.4 is 5.32 Å². The second-order valence-electron chi connectivity index (χ2n) is 4.61. The quantitative estimate of drug-likeness (QED) is 0.644. The first-order chi connectivity index (χ1) is 9.69. The highest BCUT2D eigenvalue weighted by Crippen LogP contribution is 2.14. The molecule has 104 valence electrons. The molecule has 1 aromatic carbocycles. The van der Waals surface area contributed by atoms with Gasteiger partial charge in [0.15, 0.2) is 0 Å². The number of nitrogens with one attached hydrogen (secondary N) is 1. The lowest BCUT2D eigenvalue weighted by Gasteiger charge is -2.10. The van der Waals surface area contributed by atoms with Gasteiger partial charge >= 0.3 is 0 Å². The summed E-state index contributed by atoms with van der Waals surface area (Å²) in [6.45, 7) is 1.14. The van der Waals surface area contributed by atoms with E-state index in [1.165, 1.54) is 18.2 Å². The molecule has 0 saturated carbocycles. The third-order valence-corrected chi connectivity index (χ3v) is 3.06. The minimum atomic E-state index is -0.425. The van der Waals surface area contributed by atoms with Crippen LogP contribution in [-0.2, 0) is 9.53 Å². The summed E-state index contributed by atoms with van der Waals surface area (Å²) in [6, 6.07) is 8.26. The average Bonchev–Trinajstić information content (AvgIpc) is 2.95. The van der Waals surface area contributed by atoms with Gasteiger partial charge in [0.25, 0.3) is 5.91 Å². The van der Waals surface area contributed by atoms with Crippen LogP contribution in [0, 0.1) is 11.3 Å². The van der Waals surface area contributed by atoms with Crippen LogP contribution in [0.5, 0.6) is 5.75 Å². The second-order valence-corrected chi connectivity index (χ2v) is 4.61. The molecule has 2 rings (SSSR count). The van der Waals surface area contributed by atoms with E-state index in [0.717, 1.165) is 19.4 Å². The standard InChI is InChI=1S/C15H16N2O3/c16-9-12(7-11-3-1-4-13(18)8-11)15(19)17-10-14-5-2-6-20-14/h1,3-4,7-8,14,18H,2,5-6,10H2,(H,17,19)/b12-7+/t14-/m1/s1. The van der Waals surface area contributed by atoms with Crippen LogP contribution in [0.15, 0.2) is 29.8 Å². The molecule has 5 nitrogen and oxygen atoms in total. The highest BCUT2D eigenvalue weighted by Gasteiger charge is 2.17. The molecule has 0 aliphatic carbocycles. The zero-order chi connectivity index (χ0) is 14.4. The number of aromatic hydroxyl groups is 1. The average molecular weight is 272 g/mol. The van der Waals surface area contributed by atoms with Crippen molar-refractivity contribution >= 4 is 12.0 Å². The van der Waals surface area contributed by atoms with Crippen molar-refractivity contribution in [3.63, 3.8) is 0 Å². The van der Waals surface area contributed by atoms with Gasteiger partial charge in [-0.25, -0.2) is 0 Å². The molecule has 1 aliphatic heterocycles. The number of amides is 1. The van der Waals surface area contributed by atoms with Crippen LogP contribution in [0.4, 0.5) is 0 Å². The van der Waals surface area contributed by atoms with Crippen molar-refractivity contribution in [1.29, 1.82) is 5.26 Å². The maximum atomic E-state index is 11.9. The van der Waals surface area contributed by atoms with E-state index in [4.69, 9.17) is 10.00 Å². The number of carbonyl (C=O) groups excluding carboxylic acids is 1. The van der Waals surface area contributed by atoms with Gasteiger partial charge in [0.1, 0.15) is 17.4 Å². The summed E-state index contributed by atoms with van der Waals surface area (Å²) in [5.41, 5.74) is 0.613. The monoisotopic (exact) mass is 272 g/mol. The lowest BCUT2D eigenvalue weighted by atomic mass is 10.1. The third kappa shape index (κ3) is 3.84. The molecular formula is C15H16N2O3. The van der Waals surface area contributed by atoms with Gasteiger partial charge in [0, 0.05) is 13.2 Å². The topological polar surface area (TPSA) is 82.3 Å². The first-order valence-corrected chi connectivity index (χ1v) is 6.49. The molecule has 5 heteroatoms. The highest BCUT2D eigenvalue weighted by molar-refractivity contribution is 6.01. The molecule has 1 fully saturated rings. The van der Waals surface area contributed by atoms with Gasteiger partial charge in [-0.1, -0.05) is 12.1 Å². The van der Waals surface area contributed by atoms with Crippen LogP contribution in [0.25, 0.3) is 6.08 Å². The van der Waals surface area contributed by atoms with Gasteiger partial charge in [0.2, 0.25) is 0 Å². The zero-order valence-electron chi connectivity index (χ0n) is 11.0. The Bertz CT molecular complexity index is 554. The van der Waals surface area contributed by atoms with Gasteiger partial charge in [-0.3, -0.25) is 4.79 Å². The van der Waals surface area contributed by atoms with Crippen molar-refractivity contribution in [3.05, 3.63) is 35.4 Å². The van der Waals surface area contributed by atoms with Crippen LogP contribution in [-0.4, -0.2) is 30.3 Å². The van der Waals surface area contributed by atoms with E-state index in [1.54, 1.807) is 12.1 Å². The molecular weight excluding hydrogens is 256 g/mol. The molecule has 0 aromatic heterocycles. The Morgan fingerprint density at radius 2 is 2.45 bits per heavy atom. The number of phenols is 1. The summed E-state index contributed by atoms with van der Waals surface area (Å²) < 4.78 is 5.40. The summed E-state index contributed by atoms with van der Waals surface area (Å²) in [5, 5.41) is 21.1. The summed E-state index contributed by atoms with van der Waals surface area (Å²) in [6.07, 6.45) is 3.42. The first-order valence-electron chi connectivity index (χ1n) is 6.49. The Labute approximate surface area is 117 Å². The van der Waals surface area contributed by atoms with Crippen molar-refractivity contribution in [2.24, 2.45) is 0 Å². The lowest BCUT2D eigenvalue weighted by Crippen LogP contribution is -2.32. The van der Waals surface area contributed by atoms with Crippen molar-refractivity contribution < 1.29 is 14.6 Å². The van der Waals surface area contributed by atoms with E-state index < -0.39 is 5.91 Å². The Morgan fingerprint density at radius 3 is 3.10 bits per heavy atom. The number of rotatable bonds is 4. The van der Waals surface area contributed by atoms with Crippen LogP contribution in [0.2, 0.25) is 0 Å². The maximum absolute atomic E-state index is 11.9. The van der Waals surface area contributed by atoms with Gasteiger partial charge in [-0.2, -0.15) is 5.26 Å². The van der Waals surface area contributed by atoms with Crippen molar-refractivity contribution in [2.45, 2.75) is 18.9 Å². The molecule has 0 bridgehead atoms. The first kappa shape index (κ1) is 14.1. The van der Waals surface area contributed by atoms with Gasteiger partial charge < -0.3 is 15.2 Å². The van der Waals surface area contributed by atoms with E-state index in [1.807, 2.05) is 6.07 Å². The van der Waals surface area contributed by atoms with Crippen LogP contribution >= 0.6 is 0 Å². The predicted molar refractivity (Wildman–Crippen MR) is 73.7 cm³/mol. The maximum Gasteiger partial charge on any atom is 0.262 e. The molecule has 0 spiro atoms. The van der Waals surface area contributed by atoms with E-state index >= 15 is 0 Å². The van der Waals surface area contributed by atoms with Crippen molar-refractivity contribution in [2.75, 3.05) is 13.2 Å². The Hall–Kier alpha value is -2.32. The Kier molecular flexibility index (Phi) is 4.75. The van der Waals surface area contributed by atoms with Gasteiger partial charge in [-0.15, -0.1) is 0 Å². The van der Waals surface area contributed by atoms with Crippen LogP contribution in [0.3, 0.4) is 0 Å². The third-order valence-electron chi connectivity index (χ3n) is 3.06. The fraction of sp³-hybridized carbons (Fsp3) is 0.333. The minimum absolute atomic E-state index is 0.00796. The van der Waals surface area contributed by atoms with E-state index in [0.29, 0.717) is 12.1 Å². The lowest BCUT2D eigenvalue weighted by molar-refractivity contribution is -0.117. The van der Waals surface area contributed by atoms with E-state index in [2.05, 4.69) is 5.32 Å². The number of hydrogen-bond donors (Lipinski definition) is 2. The largest absolute Gasteiger partial charge is 0.508 e. The zero-order valence-corrected chi connectivity index (χ0v) is 11.0. The molecule has 0 radical (unpaired) electrons. The molecule has 0 unspecified atom stereocenters. The number of hydrogen-bond acceptors (Lipinski definition) is 4. The summed E-state index contributed by atoms with van der Waals surface area (Å²) >= 11 is 0. The molecule has 1 aliphatic rings. The number of nitriles is 1. The van der Waals surface area contributed by atoms with Crippen LogP contribution in [0.1, 0.15) is 18.4 Å². The fourth-order valence-electron chi connectivity index (χ4n) is 2.04. The predicted octanol–water partition coefficient (Wildman–Crippen LogP) is 1.59. The van der Waals surface area contributed by atoms with Crippen molar-refractivity contribution in [3.8, 4) is 11.8 Å². The number of phenolic OH excluding ortho intramolecular Hbond substituents is 1. The molecule has 2 N–H and O–H groups in total. The summed E-state index contributed by atoms with van der Waals surface area (Å²) in [4.78, 5) is 11.9. The molecule has 1 amide bonds. The molecule has 1 heterocycles. The van der Waals surface area contributed by atoms with Crippen molar-refractivity contribution in [1.82, 2.24) is 5.32 Å². The Balaban J connectivity index is 1.99. The van der Waals surface area contributed by atoms with E-state index in [9.17, 15) is 9.90 Å². The number of benzene rings is 1. The molecule has 20 heavy (non-hydrogen) atoms. The normalized spacial score (nSPS) is 18.6. The number of ether oxygens (including phenoxy) is 1. The number of nitrogens with zero attached hydrogens (tertiary/aromatic N) is 1. The summed E-state index contributed by atoms with van der Waals surface area (Å²) in [7, 11) is 0. The highest BCUT2D eigenvalue weighted by atomic mass is 16.5. The summed E-state index contributed by atoms with van der Waals surface area (Å²) in [5.74, 6) is -0.331. The molecule has 1 aromatic rings. The number of carbonyl (C=O) groups is 1. The van der Waals surface area contributed by atoms with E-state index in [-0.39, 0.29) is 17.4 Å². The van der Waals surface area contributed by atoms with Gasteiger partial charge in [-0.05, 0) is 36.6 Å². The minimum Gasteiger partial charge on any atom is -0.508 e. The second kappa shape index (κ2) is 6.73. The molecule has 1 atom stereocenters. The SMILES string of the molecule is N#C/C(=C\c1cccc(O)c1)C(=O)NC[C@H]1CCCO1. The Morgan fingerprint density at radius 1 is 1.60 bits per heavy atom. The smallest absolute Gasteiger partial charge is 0.262 e. The fourth-order valence-corrected chi connectivity index (χ4v) is 2.04.